The summed E-state index contributed by atoms with van der Waals surface area (Å²) in [7, 11) is 0. The molecule has 0 atom stereocenters. The second kappa shape index (κ2) is 4.86. The molecule has 0 radical (unpaired) electrons. The number of rotatable bonds is 3. The first-order chi connectivity index (χ1) is 7.82. The monoisotopic (exact) mass is 245 g/mol. The number of ether oxygens (including phenoxy) is 1. The molecule has 1 aromatic carbocycles. The third-order valence-electron chi connectivity index (χ3n) is 1.80. The molecule has 0 aliphatic rings. The molecular weight excluding hydrogens is 236 g/mol. The summed E-state index contributed by atoms with van der Waals surface area (Å²) in [6.07, 6.45) is -0.500. The van der Waals surface area contributed by atoms with Crippen LogP contribution in [0.25, 0.3) is 0 Å². The highest BCUT2D eigenvalue weighted by Crippen LogP contribution is 2.22. The molecule has 0 spiro atoms. The second-order valence-electron chi connectivity index (χ2n) is 3.49. The van der Waals surface area contributed by atoms with Crippen LogP contribution in [0.4, 0.5) is 14.5 Å². The number of benzene rings is 1. The van der Waals surface area contributed by atoms with E-state index < -0.39 is 39.9 Å². The summed E-state index contributed by atoms with van der Waals surface area (Å²) < 4.78 is 31.1. The van der Waals surface area contributed by atoms with Crippen molar-refractivity contribution in [2.45, 2.75) is 20.0 Å². The van der Waals surface area contributed by atoms with Crippen LogP contribution in [0.5, 0.6) is 0 Å². The minimum atomic E-state index is -1.29. The summed E-state index contributed by atoms with van der Waals surface area (Å²) in [6.45, 7) is 3.08. The first-order valence-electron chi connectivity index (χ1n) is 4.67. The fourth-order valence-electron chi connectivity index (χ4n) is 1.11. The lowest BCUT2D eigenvalue weighted by Crippen LogP contribution is -2.14. The van der Waals surface area contributed by atoms with Crippen molar-refractivity contribution in [1.29, 1.82) is 0 Å². The maximum absolute atomic E-state index is 13.3. The molecule has 0 heterocycles. The molecule has 0 aliphatic carbocycles. The summed E-state index contributed by atoms with van der Waals surface area (Å²) in [5, 5.41) is 10.3. The van der Waals surface area contributed by atoms with E-state index in [1.54, 1.807) is 0 Å². The van der Waals surface area contributed by atoms with Gasteiger partial charge in [-0.05, 0) is 19.9 Å². The van der Waals surface area contributed by atoms with Gasteiger partial charge >= 0.3 is 11.7 Å². The molecule has 0 bridgehead atoms. The lowest BCUT2D eigenvalue weighted by molar-refractivity contribution is -0.387. The van der Waals surface area contributed by atoms with E-state index in [2.05, 4.69) is 4.74 Å². The average Bonchev–Trinajstić information content (AvgIpc) is 2.19. The van der Waals surface area contributed by atoms with Gasteiger partial charge in [-0.3, -0.25) is 10.1 Å². The van der Waals surface area contributed by atoms with E-state index in [1.807, 2.05) is 0 Å². The molecule has 7 heteroatoms. The standard InChI is InChI=1S/C10H9F2NO4/c1-5(2)17-10(14)6-3-8(12)9(13(15)16)4-7(6)11/h3-5H,1-2H3. The van der Waals surface area contributed by atoms with Gasteiger partial charge in [-0.15, -0.1) is 0 Å². The maximum Gasteiger partial charge on any atom is 0.341 e. The first kappa shape index (κ1) is 13.0. The van der Waals surface area contributed by atoms with Crippen LogP contribution < -0.4 is 0 Å². The largest absolute Gasteiger partial charge is 0.459 e. The van der Waals surface area contributed by atoms with Crippen molar-refractivity contribution >= 4 is 11.7 Å². The number of halogens is 2. The normalized spacial score (nSPS) is 10.4. The highest BCUT2D eigenvalue weighted by atomic mass is 19.1. The highest BCUT2D eigenvalue weighted by molar-refractivity contribution is 5.90. The molecule has 5 nitrogen and oxygen atoms in total. The van der Waals surface area contributed by atoms with Crippen LogP contribution in [0.3, 0.4) is 0 Å². The van der Waals surface area contributed by atoms with Crippen molar-refractivity contribution in [3.05, 3.63) is 39.4 Å². The second-order valence-corrected chi connectivity index (χ2v) is 3.49. The number of esters is 1. The van der Waals surface area contributed by atoms with E-state index in [4.69, 9.17) is 0 Å². The van der Waals surface area contributed by atoms with Crippen molar-refractivity contribution in [2.24, 2.45) is 0 Å². The Balaban J connectivity index is 3.16. The maximum atomic E-state index is 13.3. The van der Waals surface area contributed by atoms with E-state index in [9.17, 15) is 23.7 Å². The quantitative estimate of drug-likeness (QED) is 0.466. The van der Waals surface area contributed by atoms with Crippen LogP contribution in [0.15, 0.2) is 12.1 Å². The average molecular weight is 245 g/mol. The van der Waals surface area contributed by atoms with Crippen molar-refractivity contribution in [1.82, 2.24) is 0 Å². The van der Waals surface area contributed by atoms with Gasteiger partial charge in [0.25, 0.3) is 0 Å². The number of nitrogens with zero attached hydrogens (tertiary/aromatic N) is 1. The van der Waals surface area contributed by atoms with Crippen LogP contribution in [-0.4, -0.2) is 17.0 Å². The fraction of sp³-hybridized carbons (Fsp3) is 0.300. The molecule has 0 fully saturated rings. The Bertz CT molecular complexity index is 474. The van der Waals surface area contributed by atoms with Gasteiger partial charge in [-0.25, -0.2) is 9.18 Å². The van der Waals surface area contributed by atoms with Crippen LogP contribution in [0.1, 0.15) is 24.2 Å². The van der Waals surface area contributed by atoms with Gasteiger partial charge < -0.3 is 4.74 Å². The number of nitro groups is 1. The lowest BCUT2D eigenvalue weighted by Gasteiger charge is -2.08. The SMILES string of the molecule is CC(C)OC(=O)c1cc(F)c([N+](=O)[O-])cc1F. The van der Waals surface area contributed by atoms with E-state index in [1.165, 1.54) is 13.8 Å². The summed E-state index contributed by atoms with van der Waals surface area (Å²) in [6, 6.07) is 0.810. The van der Waals surface area contributed by atoms with Crippen LogP contribution >= 0.6 is 0 Å². The summed E-state index contributed by atoms with van der Waals surface area (Å²) in [5.74, 6) is -3.54. The third kappa shape index (κ3) is 2.96. The highest BCUT2D eigenvalue weighted by Gasteiger charge is 2.23. The number of hydrogen-bond acceptors (Lipinski definition) is 4. The van der Waals surface area contributed by atoms with Gasteiger partial charge in [-0.2, -0.15) is 4.39 Å². The topological polar surface area (TPSA) is 69.4 Å². The minimum absolute atomic E-state index is 0.353. The lowest BCUT2D eigenvalue weighted by atomic mass is 10.2. The number of carbonyl (C=O) groups excluding carboxylic acids is 1. The van der Waals surface area contributed by atoms with E-state index in [0.717, 1.165) is 0 Å². The number of nitro benzene ring substituents is 1. The Morgan fingerprint density at radius 2 is 1.94 bits per heavy atom. The van der Waals surface area contributed by atoms with Gasteiger partial charge in [0.1, 0.15) is 5.82 Å². The third-order valence-corrected chi connectivity index (χ3v) is 1.80. The first-order valence-corrected chi connectivity index (χ1v) is 4.67. The molecule has 17 heavy (non-hydrogen) atoms. The molecule has 92 valence electrons. The van der Waals surface area contributed by atoms with Gasteiger partial charge in [0.05, 0.1) is 22.7 Å². The molecule has 0 amide bonds. The summed E-state index contributed by atoms with van der Waals surface area (Å²) in [5.41, 5.74) is -1.69. The Hall–Kier alpha value is -2.05. The molecule has 0 aromatic heterocycles. The van der Waals surface area contributed by atoms with E-state index in [0.29, 0.717) is 12.1 Å². The predicted octanol–water partition coefficient (Wildman–Crippen LogP) is 2.44. The Morgan fingerprint density at radius 3 is 2.41 bits per heavy atom. The molecule has 0 saturated carbocycles. The van der Waals surface area contributed by atoms with Gasteiger partial charge in [0, 0.05) is 0 Å². The summed E-state index contributed by atoms with van der Waals surface area (Å²) >= 11 is 0. The van der Waals surface area contributed by atoms with E-state index in [-0.39, 0.29) is 0 Å². The van der Waals surface area contributed by atoms with Crippen LogP contribution in [0.2, 0.25) is 0 Å². The molecule has 0 unspecified atom stereocenters. The van der Waals surface area contributed by atoms with Gasteiger partial charge in [0.15, 0.2) is 0 Å². The zero-order chi connectivity index (χ0) is 13.2. The molecule has 0 aliphatic heterocycles. The molecule has 1 rings (SSSR count). The van der Waals surface area contributed by atoms with E-state index >= 15 is 0 Å². The van der Waals surface area contributed by atoms with Crippen molar-refractivity contribution < 1.29 is 23.2 Å². The summed E-state index contributed by atoms with van der Waals surface area (Å²) in [4.78, 5) is 20.6. The van der Waals surface area contributed by atoms with Crippen LogP contribution in [0, 0.1) is 21.7 Å². The van der Waals surface area contributed by atoms with Gasteiger partial charge in [0.2, 0.25) is 5.82 Å². The molecular formula is C10H9F2NO4. The van der Waals surface area contributed by atoms with Crippen LogP contribution in [-0.2, 0) is 4.74 Å². The van der Waals surface area contributed by atoms with Crippen molar-refractivity contribution in [3.8, 4) is 0 Å². The Labute approximate surface area is 95.2 Å². The zero-order valence-corrected chi connectivity index (χ0v) is 9.07. The number of carbonyl (C=O) groups is 1. The zero-order valence-electron chi connectivity index (χ0n) is 9.07. The van der Waals surface area contributed by atoms with Crippen molar-refractivity contribution in [2.75, 3.05) is 0 Å². The predicted molar refractivity (Wildman–Crippen MR) is 53.6 cm³/mol. The molecule has 0 N–H and O–H groups in total. The molecule has 1 aromatic rings. The van der Waals surface area contributed by atoms with Gasteiger partial charge in [-0.1, -0.05) is 0 Å². The smallest absolute Gasteiger partial charge is 0.341 e. The Kier molecular flexibility index (Phi) is 3.72. The Morgan fingerprint density at radius 1 is 1.35 bits per heavy atom. The minimum Gasteiger partial charge on any atom is -0.459 e. The fourth-order valence-corrected chi connectivity index (χ4v) is 1.11. The molecule has 0 saturated heterocycles. The van der Waals surface area contributed by atoms with Crippen molar-refractivity contribution in [3.63, 3.8) is 0 Å². The number of hydrogen-bond donors (Lipinski definition) is 0.